The molecule has 0 radical (unpaired) electrons. The summed E-state index contributed by atoms with van der Waals surface area (Å²) in [5, 5.41) is 8.06. The highest BCUT2D eigenvalue weighted by atomic mass is 35.5. The van der Waals surface area contributed by atoms with Gasteiger partial charge in [-0.2, -0.15) is 5.10 Å². The molecule has 0 saturated carbocycles. The van der Waals surface area contributed by atoms with Gasteiger partial charge < -0.3 is 5.32 Å². The molecule has 0 aliphatic heterocycles. The Kier molecular flexibility index (Phi) is 5.26. The molecule has 0 saturated heterocycles. The third kappa shape index (κ3) is 3.77. The molecule has 1 aromatic carbocycles. The molecular weight excluding hydrogens is 309 g/mol. The van der Waals surface area contributed by atoms with Gasteiger partial charge in [0.1, 0.15) is 10.2 Å². The van der Waals surface area contributed by atoms with E-state index in [4.69, 9.17) is 23.2 Å². The molecule has 0 atom stereocenters. The van der Waals surface area contributed by atoms with E-state index in [9.17, 15) is 4.79 Å². The second-order valence-corrected chi connectivity index (χ2v) is 5.57. The average Bonchev–Trinajstić information content (AvgIpc) is 2.71. The number of nitrogens with one attached hydrogen (secondary N) is 1. The van der Waals surface area contributed by atoms with E-state index in [0.717, 1.165) is 12.0 Å². The van der Waals surface area contributed by atoms with Gasteiger partial charge in [-0.1, -0.05) is 41.4 Å². The van der Waals surface area contributed by atoms with E-state index >= 15 is 0 Å². The molecule has 1 amide bonds. The van der Waals surface area contributed by atoms with Crippen LogP contribution in [0.15, 0.2) is 24.3 Å². The van der Waals surface area contributed by atoms with Gasteiger partial charge in [0.05, 0.1) is 5.69 Å². The fourth-order valence-electron chi connectivity index (χ4n) is 2.03. The quantitative estimate of drug-likeness (QED) is 0.853. The van der Waals surface area contributed by atoms with Gasteiger partial charge in [-0.05, 0) is 31.9 Å². The lowest BCUT2D eigenvalue weighted by atomic mass is 10.1. The van der Waals surface area contributed by atoms with E-state index in [0.29, 0.717) is 34.5 Å². The summed E-state index contributed by atoms with van der Waals surface area (Å²) in [4.78, 5) is 12.0. The Labute approximate surface area is 134 Å². The summed E-state index contributed by atoms with van der Waals surface area (Å²) >= 11 is 12.0. The van der Waals surface area contributed by atoms with Gasteiger partial charge in [-0.25, -0.2) is 0 Å². The number of rotatable bonds is 5. The fraction of sp³-hybridized carbons (Fsp3) is 0.333. The lowest BCUT2D eigenvalue weighted by Gasteiger charge is -2.08. The SMILES string of the molecule is Cc1ccccc1C(=O)NCCCn1nc(C)c(Cl)c1Cl. The summed E-state index contributed by atoms with van der Waals surface area (Å²) in [6.45, 7) is 4.90. The molecule has 0 fully saturated rings. The molecule has 1 heterocycles. The Hall–Kier alpha value is -1.52. The van der Waals surface area contributed by atoms with Crippen LogP contribution in [0.3, 0.4) is 0 Å². The van der Waals surface area contributed by atoms with Gasteiger partial charge in [0, 0.05) is 18.7 Å². The van der Waals surface area contributed by atoms with Gasteiger partial charge in [0.15, 0.2) is 0 Å². The molecule has 0 bridgehead atoms. The molecule has 0 aliphatic rings. The maximum atomic E-state index is 12.0. The summed E-state index contributed by atoms with van der Waals surface area (Å²) in [6.07, 6.45) is 0.731. The first-order valence-corrected chi connectivity index (χ1v) is 7.48. The Bertz CT molecular complexity index is 652. The zero-order valence-corrected chi connectivity index (χ0v) is 13.5. The number of carbonyl (C=O) groups excluding carboxylic acids is 1. The Morgan fingerprint density at radius 1 is 1.29 bits per heavy atom. The molecule has 0 aliphatic carbocycles. The first kappa shape index (κ1) is 15.9. The summed E-state index contributed by atoms with van der Waals surface area (Å²) in [6, 6.07) is 7.51. The van der Waals surface area contributed by atoms with E-state index < -0.39 is 0 Å². The number of carbonyl (C=O) groups is 1. The monoisotopic (exact) mass is 325 g/mol. The predicted octanol–water partition coefficient (Wildman–Crippen LogP) is 3.63. The van der Waals surface area contributed by atoms with Crippen LogP contribution in [-0.4, -0.2) is 22.2 Å². The van der Waals surface area contributed by atoms with Crippen molar-refractivity contribution < 1.29 is 4.79 Å². The Morgan fingerprint density at radius 2 is 2.00 bits per heavy atom. The van der Waals surface area contributed by atoms with Gasteiger partial charge >= 0.3 is 0 Å². The normalized spacial score (nSPS) is 10.7. The minimum absolute atomic E-state index is 0.0612. The maximum Gasteiger partial charge on any atom is 0.251 e. The van der Waals surface area contributed by atoms with Crippen LogP contribution in [0.2, 0.25) is 10.2 Å². The molecule has 1 aromatic heterocycles. The highest BCUT2D eigenvalue weighted by molar-refractivity contribution is 6.41. The topological polar surface area (TPSA) is 46.9 Å². The molecule has 4 nitrogen and oxygen atoms in total. The van der Waals surface area contributed by atoms with Crippen molar-refractivity contribution in [2.24, 2.45) is 0 Å². The van der Waals surface area contributed by atoms with E-state index in [2.05, 4.69) is 10.4 Å². The lowest BCUT2D eigenvalue weighted by Crippen LogP contribution is -2.26. The zero-order valence-electron chi connectivity index (χ0n) is 12.0. The second kappa shape index (κ2) is 6.96. The van der Waals surface area contributed by atoms with Crippen molar-refractivity contribution >= 4 is 29.1 Å². The number of amides is 1. The zero-order chi connectivity index (χ0) is 15.4. The summed E-state index contributed by atoms with van der Waals surface area (Å²) in [5.41, 5.74) is 2.38. The molecule has 6 heteroatoms. The van der Waals surface area contributed by atoms with Crippen molar-refractivity contribution in [2.75, 3.05) is 6.54 Å². The maximum absolute atomic E-state index is 12.0. The third-order valence-corrected chi connectivity index (χ3v) is 4.15. The van der Waals surface area contributed by atoms with Gasteiger partial charge in [-0.15, -0.1) is 0 Å². The molecular formula is C15H17Cl2N3O. The summed E-state index contributed by atoms with van der Waals surface area (Å²) in [7, 11) is 0. The largest absolute Gasteiger partial charge is 0.352 e. The van der Waals surface area contributed by atoms with Gasteiger partial charge in [0.2, 0.25) is 0 Å². The Morgan fingerprint density at radius 3 is 2.62 bits per heavy atom. The van der Waals surface area contributed by atoms with Crippen LogP contribution in [0.25, 0.3) is 0 Å². The first-order valence-electron chi connectivity index (χ1n) is 6.73. The van der Waals surface area contributed by atoms with Crippen molar-refractivity contribution in [1.29, 1.82) is 0 Å². The van der Waals surface area contributed by atoms with Crippen LogP contribution in [0.5, 0.6) is 0 Å². The molecule has 0 unspecified atom stereocenters. The number of hydrogen-bond acceptors (Lipinski definition) is 2. The number of nitrogens with zero attached hydrogens (tertiary/aromatic N) is 2. The van der Waals surface area contributed by atoms with Gasteiger partial charge in [0.25, 0.3) is 5.91 Å². The van der Waals surface area contributed by atoms with E-state index in [-0.39, 0.29) is 5.91 Å². The number of benzene rings is 1. The van der Waals surface area contributed by atoms with Crippen molar-refractivity contribution in [2.45, 2.75) is 26.8 Å². The van der Waals surface area contributed by atoms with Crippen LogP contribution < -0.4 is 5.32 Å². The molecule has 2 rings (SSSR count). The van der Waals surface area contributed by atoms with E-state index in [1.807, 2.05) is 38.1 Å². The van der Waals surface area contributed by atoms with E-state index in [1.54, 1.807) is 4.68 Å². The van der Waals surface area contributed by atoms with E-state index in [1.165, 1.54) is 0 Å². The fourth-order valence-corrected chi connectivity index (χ4v) is 2.43. The highest BCUT2D eigenvalue weighted by Crippen LogP contribution is 2.24. The molecule has 1 N–H and O–H groups in total. The van der Waals surface area contributed by atoms with Crippen LogP contribution in [0.1, 0.15) is 28.0 Å². The van der Waals surface area contributed by atoms with Crippen LogP contribution >= 0.6 is 23.2 Å². The summed E-state index contributed by atoms with van der Waals surface area (Å²) < 4.78 is 1.65. The average molecular weight is 326 g/mol. The first-order chi connectivity index (χ1) is 10.0. The van der Waals surface area contributed by atoms with Crippen molar-refractivity contribution in [3.63, 3.8) is 0 Å². The number of hydrogen-bond donors (Lipinski definition) is 1. The Balaban J connectivity index is 1.84. The predicted molar refractivity (Wildman–Crippen MR) is 85.1 cm³/mol. The minimum atomic E-state index is -0.0612. The molecule has 21 heavy (non-hydrogen) atoms. The molecule has 112 valence electrons. The number of aromatic nitrogens is 2. The molecule has 2 aromatic rings. The third-order valence-electron chi connectivity index (χ3n) is 3.22. The minimum Gasteiger partial charge on any atom is -0.352 e. The highest BCUT2D eigenvalue weighted by Gasteiger charge is 2.11. The van der Waals surface area contributed by atoms with Gasteiger partial charge in [-0.3, -0.25) is 9.48 Å². The van der Waals surface area contributed by atoms with Crippen LogP contribution in [-0.2, 0) is 6.54 Å². The number of halogens is 2. The number of aryl methyl sites for hydroxylation is 3. The van der Waals surface area contributed by atoms with Crippen molar-refractivity contribution in [3.05, 3.63) is 51.3 Å². The van der Waals surface area contributed by atoms with Crippen molar-refractivity contribution in [3.8, 4) is 0 Å². The lowest BCUT2D eigenvalue weighted by molar-refractivity contribution is 0.0952. The van der Waals surface area contributed by atoms with Crippen molar-refractivity contribution in [1.82, 2.24) is 15.1 Å². The standard InChI is InChI=1S/C15H17Cl2N3O/c1-10-6-3-4-7-12(10)15(21)18-8-5-9-20-14(17)13(16)11(2)19-20/h3-4,6-7H,5,8-9H2,1-2H3,(H,18,21). The smallest absolute Gasteiger partial charge is 0.251 e. The second-order valence-electron chi connectivity index (χ2n) is 4.84. The van der Waals surface area contributed by atoms with Crippen LogP contribution in [0.4, 0.5) is 0 Å². The molecule has 0 spiro atoms. The summed E-state index contributed by atoms with van der Waals surface area (Å²) in [5.74, 6) is -0.0612. The van der Waals surface area contributed by atoms with Crippen LogP contribution in [0, 0.1) is 13.8 Å².